The third-order valence-electron chi connectivity index (χ3n) is 1.13. The molecule has 0 aliphatic carbocycles. The zero-order valence-corrected chi connectivity index (χ0v) is 11.6. The third-order valence-corrected chi connectivity index (χ3v) is 4.17. The highest BCUT2D eigenvalue weighted by Crippen LogP contribution is 2.42. The molecule has 1 atom stereocenters. The molecule has 0 saturated carbocycles. The summed E-state index contributed by atoms with van der Waals surface area (Å²) in [6.45, 7) is 0. The number of carboxylic acid groups (broad SMARTS) is 1. The van der Waals surface area contributed by atoms with Gasteiger partial charge in [-0.2, -0.15) is 0 Å². The Hall–Kier alpha value is 0.970. The van der Waals surface area contributed by atoms with Crippen molar-refractivity contribution in [1.82, 2.24) is 0 Å². The molecule has 0 heterocycles. The second-order valence-electron chi connectivity index (χ2n) is 2.34. The van der Waals surface area contributed by atoms with Gasteiger partial charge in [-0.05, 0) is 0 Å². The van der Waals surface area contributed by atoms with Gasteiger partial charge in [0.15, 0.2) is 0 Å². The molecule has 3 nitrogen and oxygen atoms in total. The van der Waals surface area contributed by atoms with Crippen molar-refractivity contribution in [2.75, 3.05) is 5.75 Å². The van der Waals surface area contributed by atoms with Gasteiger partial charge in [-0.25, -0.2) is 0 Å². The SMILES string of the molecule is N[C@@H](CS/C(Cl)=C(\Cl)C(Cl)(Cl)Cl)C(=O)O. The summed E-state index contributed by atoms with van der Waals surface area (Å²) in [5, 5.41) is 8.30. The molecule has 0 spiro atoms. The van der Waals surface area contributed by atoms with E-state index in [2.05, 4.69) is 0 Å². The highest BCUT2D eigenvalue weighted by atomic mass is 35.6. The van der Waals surface area contributed by atoms with Gasteiger partial charge in [-0.3, -0.25) is 4.79 Å². The molecule has 0 fully saturated rings. The van der Waals surface area contributed by atoms with E-state index in [9.17, 15) is 4.79 Å². The van der Waals surface area contributed by atoms with Crippen LogP contribution in [0.3, 0.4) is 0 Å². The first-order valence-electron chi connectivity index (χ1n) is 3.40. The van der Waals surface area contributed by atoms with Gasteiger partial charge in [0.2, 0.25) is 3.79 Å². The van der Waals surface area contributed by atoms with E-state index in [0.717, 1.165) is 11.8 Å². The first-order valence-corrected chi connectivity index (χ1v) is 6.27. The van der Waals surface area contributed by atoms with Crippen LogP contribution in [0.25, 0.3) is 0 Å². The molecular formula is C6H6Cl5NO2S. The van der Waals surface area contributed by atoms with Crippen LogP contribution in [-0.2, 0) is 4.79 Å². The highest BCUT2D eigenvalue weighted by Gasteiger charge is 2.28. The summed E-state index contributed by atoms with van der Waals surface area (Å²) in [6.07, 6.45) is 0. The van der Waals surface area contributed by atoms with Crippen molar-refractivity contribution < 1.29 is 9.90 Å². The maximum Gasteiger partial charge on any atom is 0.321 e. The first kappa shape index (κ1) is 16.0. The fourth-order valence-electron chi connectivity index (χ4n) is 0.409. The van der Waals surface area contributed by atoms with Gasteiger partial charge in [0.1, 0.15) is 6.04 Å². The van der Waals surface area contributed by atoms with Crippen LogP contribution >= 0.6 is 69.8 Å². The van der Waals surface area contributed by atoms with Crippen LogP contribution in [0.2, 0.25) is 0 Å². The maximum atomic E-state index is 10.4. The van der Waals surface area contributed by atoms with Crippen LogP contribution in [-0.4, -0.2) is 26.7 Å². The summed E-state index contributed by atoms with van der Waals surface area (Å²) >= 11 is 28.5. The minimum Gasteiger partial charge on any atom is -0.480 e. The summed E-state index contributed by atoms with van der Waals surface area (Å²) in [7, 11) is 0. The Morgan fingerprint density at radius 1 is 1.40 bits per heavy atom. The van der Waals surface area contributed by atoms with Gasteiger partial charge in [-0.1, -0.05) is 58.0 Å². The fraction of sp³-hybridized carbons (Fsp3) is 0.500. The standard InChI is InChI=1S/C6H6Cl5NO2S/c7-3(6(9,10)11)4(8)15-1-2(12)5(13)14/h2H,1,12H2,(H,13,14)/b4-3-/t2-/m0/s1. The van der Waals surface area contributed by atoms with Crippen molar-refractivity contribution in [2.24, 2.45) is 5.73 Å². The molecule has 0 aliphatic heterocycles. The molecule has 0 aromatic heterocycles. The lowest BCUT2D eigenvalue weighted by atomic mass is 10.4. The lowest BCUT2D eigenvalue weighted by molar-refractivity contribution is -0.137. The molecule has 3 N–H and O–H groups in total. The Bertz CT molecular complexity index is 277. The number of rotatable bonds is 4. The summed E-state index contributed by atoms with van der Waals surface area (Å²) in [5.41, 5.74) is 5.23. The normalized spacial score (nSPS) is 15.9. The molecule has 0 rings (SSSR count). The van der Waals surface area contributed by atoms with E-state index < -0.39 is 15.8 Å². The number of carbonyl (C=O) groups is 1. The summed E-state index contributed by atoms with van der Waals surface area (Å²) < 4.78 is -1.81. The Labute approximate surface area is 116 Å². The summed E-state index contributed by atoms with van der Waals surface area (Å²) in [5.74, 6) is -1.11. The van der Waals surface area contributed by atoms with Crippen molar-refractivity contribution in [3.05, 3.63) is 9.40 Å². The number of hydrogen-bond donors (Lipinski definition) is 2. The van der Waals surface area contributed by atoms with Crippen molar-refractivity contribution in [1.29, 1.82) is 0 Å². The second kappa shape index (κ2) is 6.64. The quantitative estimate of drug-likeness (QED) is 0.776. The zero-order chi connectivity index (χ0) is 12.2. The molecule has 0 aliphatic rings. The molecule has 15 heavy (non-hydrogen) atoms. The van der Waals surface area contributed by atoms with Crippen LogP contribution in [0.5, 0.6) is 0 Å². The van der Waals surface area contributed by atoms with Crippen molar-refractivity contribution >= 4 is 75.7 Å². The number of aliphatic carboxylic acids is 1. The van der Waals surface area contributed by atoms with E-state index in [1.165, 1.54) is 0 Å². The summed E-state index contributed by atoms with van der Waals surface area (Å²) in [4.78, 5) is 10.4. The molecule has 0 amide bonds. The average molecular weight is 333 g/mol. The number of thioether (sulfide) groups is 1. The van der Waals surface area contributed by atoms with Crippen LogP contribution in [0.4, 0.5) is 0 Å². The molecule has 0 radical (unpaired) electrons. The predicted molar refractivity (Wildman–Crippen MR) is 67.1 cm³/mol. The number of allylic oxidation sites excluding steroid dienone is 1. The highest BCUT2D eigenvalue weighted by molar-refractivity contribution is 8.04. The van der Waals surface area contributed by atoms with Gasteiger partial charge < -0.3 is 10.8 Å². The topological polar surface area (TPSA) is 63.3 Å². The monoisotopic (exact) mass is 331 g/mol. The lowest BCUT2D eigenvalue weighted by Gasteiger charge is -2.12. The van der Waals surface area contributed by atoms with E-state index in [4.69, 9.17) is 68.8 Å². The number of alkyl halides is 3. The van der Waals surface area contributed by atoms with E-state index >= 15 is 0 Å². The molecule has 0 aromatic carbocycles. The fourth-order valence-corrected chi connectivity index (χ4v) is 2.25. The molecule has 0 aromatic rings. The largest absolute Gasteiger partial charge is 0.480 e. The zero-order valence-electron chi connectivity index (χ0n) is 7.02. The van der Waals surface area contributed by atoms with Gasteiger partial charge in [0, 0.05) is 5.75 Å². The van der Waals surface area contributed by atoms with Crippen LogP contribution in [0.15, 0.2) is 9.40 Å². The minimum atomic E-state index is -1.82. The first-order chi connectivity index (χ1) is 6.66. The molecule has 88 valence electrons. The average Bonchev–Trinajstić information content (AvgIpc) is 2.10. The van der Waals surface area contributed by atoms with Crippen molar-refractivity contribution in [3.8, 4) is 0 Å². The Morgan fingerprint density at radius 3 is 2.20 bits per heavy atom. The van der Waals surface area contributed by atoms with Crippen LogP contribution < -0.4 is 5.73 Å². The Morgan fingerprint density at radius 2 is 1.87 bits per heavy atom. The Kier molecular flexibility index (Phi) is 7.07. The van der Waals surface area contributed by atoms with Gasteiger partial charge in [0.05, 0.1) is 9.40 Å². The van der Waals surface area contributed by atoms with E-state index in [1.54, 1.807) is 0 Å². The number of carboxylic acids is 1. The smallest absolute Gasteiger partial charge is 0.321 e. The van der Waals surface area contributed by atoms with E-state index in [1.807, 2.05) is 0 Å². The lowest BCUT2D eigenvalue weighted by Crippen LogP contribution is -2.32. The predicted octanol–water partition coefficient (Wildman–Crippen LogP) is 3.15. The van der Waals surface area contributed by atoms with E-state index in [0.29, 0.717) is 0 Å². The van der Waals surface area contributed by atoms with Gasteiger partial charge >= 0.3 is 5.97 Å². The molecule has 0 unspecified atom stereocenters. The number of nitrogens with two attached hydrogens (primary N) is 1. The third kappa shape index (κ3) is 6.31. The summed E-state index contributed by atoms with van der Waals surface area (Å²) in [6, 6.07) is -1.05. The molecule has 0 bridgehead atoms. The van der Waals surface area contributed by atoms with E-state index in [-0.39, 0.29) is 15.1 Å². The Balaban J connectivity index is 4.37. The van der Waals surface area contributed by atoms with Gasteiger partial charge in [-0.15, -0.1) is 11.8 Å². The van der Waals surface area contributed by atoms with Gasteiger partial charge in [0.25, 0.3) is 0 Å². The number of halogens is 5. The number of hydrogen-bond acceptors (Lipinski definition) is 3. The van der Waals surface area contributed by atoms with Crippen LogP contribution in [0, 0.1) is 0 Å². The molecular weight excluding hydrogens is 327 g/mol. The second-order valence-corrected chi connectivity index (χ2v) is 6.63. The molecule has 9 heteroatoms. The minimum absolute atomic E-state index is 0.00775. The van der Waals surface area contributed by atoms with Crippen molar-refractivity contribution in [3.63, 3.8) is 0 Å². The van der Waals surface area contributed by atoms with Crippen molar-refractivity contribution in [2.45, 2.75) is 9.83 Å². The van der Waals surface area contributed by atoms with Crippen LogP contribution in [0.1, 0.15) is 0 Å². The molecule has 0 saturated heterocycles. The maximum absolute atomic E-state index is 10.4.